The average Bonchev–Trinajstić information content (AvgIpc) is 2.10. The molecule has 0 spiro atoms. The van der Waals surface area contributed by atoms with Crippen LogP contribution in [0.3, 0.4) is 0 Å². The summed E-state index contributed by atoms with van der Waals surface area (Å²) < 4.78 is 11.1. The van der Waals surface area contributed by atoms with E-state index in [0.29, 0.717) is 13.0 Å². The van der Waals surface area contributed by atoms with Gasteiger partial charge in [-0.05, 0) is 41.5 Å². The molecule has 0 aromatic carbocycles. The Morgan fingerprint density at radius 1 is 1.16 bits per heavy atom. The van der Waals surface area contributed by atoms with E-state index in [9.17, 15) is 9.59 Å². The quantitative estimate of drug-likeness (QED) is 0.734. The summed E-state index contributed by atoms with van der Waals surface area (Å²) in [4.78, 5) is 25.1. The van der Waals surface area contributed by atoms with Gasteiger partial charge in [-0.3, -0.25) is 9.69 Å². The zero-order chi connectivity index (χ0) is 14.8. The van der Waals surface area contributed by atoms with Crippen LogP contribution in [-0.2, 0) is 14.3 Å². The molecule has 1 aliphatic rings. The van der Waals surface area contributed by atoms with Gasteiger partial charge < -0.3 is 9.47 Å². The lowest BCUT2D eigenvalue weighted by molar-refractivity contribution is -0.134. The van der Waals surface area contributed by atoms with Crippen LogP contribution in [0.25, 0.3) is 0 Å². The van der Waals surface area contributed by atoms with Crippen molar-refractivity contribution in [3.8, 4) is 0 Å². The molecule has 5 heteroatoms. The van der Waals surface area contributed by atoms with Crippen molar-refractivity contribution >= 4 is 11.9 Å². The number of carbonyl (C=O) groups is 2. The van der Waals surface area contributed by atoms with Crippen LogP contribution in [0.1, 0.15) is 48.0 Å². The smallest absolute Gasteiger partial charge is 0.410 e. The first-order valence-corrected chi connectivity index (χ1v) is 6.64. The average molecular weight is 271 g/mol. The molecule has 0 aromatic rings. The van der Waals surface area contributed by atoms with Crippen molar-refractivity contribution in [1.82, 2.24) is 4.90 Å². The Bertz CT molecular complexity index is 351. The van der Waals surface area contributed by atoms with Crippen molar-refractivity contribution in [3.05, 3.63) is 0 Å². The lowest BCUT2D eigenvalue weighted by Crippen LogP contribution is -2.50. The Morgan fingerprint density at radius 2 is 1.74 bits per heavy atom. The number of piperidine rings is 1. The van der Waals surface area contributed by atoms with E-state index < -0.39 is 11.7 Å². The lowest BCUT2D eigenvalue weighted by Gasteiger charge is -2.36. The minimum atomic E-state index is -0.558. The minimum absolute atomic E-state index is 0.00589. The predicted molar refractivity (Wildman–Crippen MR) is 72.1 cm³/mol. The molecule has 0 N–H and O–H groups in total. The molecule has 1 fully saturated rings. The van der Waals surface area contributed by atoms with Crippen LogP contribution in [0, 0.1) is 0 Å². The van der Waals surface area contributed by atoms with Crippen LogP contribution in [0.15, 0.2) is 0 Å². The predicted octanol–water partition coefficient (Wildman–Crippen LogP) is 2.38. The summed E-state index contributed by atoms with van der Waals surface area (Å²) in [6.45, 7) is 11.7. The Hall–Kier alpha value is -1.10. The Kier molecular flexibility index (Phi) is 4.61. The van der Waals surface area contributed by atoms with Crippen LogP contribution in [0.4, 0.5) is 4.79 Å². The number of nitrogens with zero attached hydrogens (tertiary/aromatic N) is 1. The number of ether oxygens (including phenoxy) is 2. The summed E-state index contributed by atoms with van der Waals surface area (Å²) in [5, 5.41) is 0. The summed E-state index contributed by atoms with van der Waals surface area (Å²) in [6, 6.07) is 0. The van der Waals surface area contributed by atoms with E-state index in [-0.39, 0.29) is 24.0 Å². The van der Waals surface area contributed by atoms with Crippen molar-refractivity contribution in [2.75, 3.05) is 13.1 Å². The number of likely N-dealkylation sites (tertiary alicyclic amines) is 1. The third-order valence-corrected chi connectivity index (χ3v) is 2.42. The first kappa shape index (κ1) is 16.0. The minimum Gasteiger partial charge on any atom is -0.444 e. The van der Waals surface area contributed by atoms with Crippen LogP contribution >= 0.6 is 0 Å². The molecule has 1 atom stereocenters. The van der Waals surface area contributed by atoms with Crippen LogP contribution < -0.4 is 0 Å². The highest BCUT2D eigenvalue weighted by molar-refractivity contribution is 5.85. The van der Waals surface area contributed by atoms with Crippen molar-refractivity contribution < 1.29 is 19.1 Å². The Morgan fingerprint density at radius 3 is 2.21 bits per heavy atom. The zero-order valence-electron chi connectivity index (χ0n) is 12.8. The van der Waals surface area contributed by atoms with E-state index >= 15 is 0 Å². The molecule has 1 unspecified atom stereocenters. The molecule has 0 radical (unpaired) electrons. The van der Waals surface area contributed by atoms with E-state index in [1.54, 1.807) is 20.8 Å². The topological polar surface area (TPSA) is 55.8 Å². The van der Waals surface area contributed by atoms with Gasteiger partial charge in [0.25, 0.3) is 0 Å². The van der Waals surface area contributed by atoms with Gasteiger partial charge >= 0.3 is 6.09 Å². The van der Waals surface area contributed by atoms with Gasteiger partial charge in [0.1, 0.15) is 5.60 Å². The Labute approximate surface area is 115 Å². The van der Waals surface area contributed by atoms with E-state index in [4.69, 9.17) is 9.47 Å². The van der Waals surface area contributed by atoms with E-state index in [1.807, 2.05) is 20.8 Å². The number of hydrogen-bond acceptors (Lipinski definition) is 4. The highest BCUT2D eigenvalue weighted by Gasteiger charge is 2.33. The van der Waals surface area contributed by atoms with Gasteiger partial charge in [0.2, 0.25) is 0 Å². The van der Waals surface area contributed by atoms with Crippen molar-refractivity contribution in [2.45, 2.75) is 65.3 Å². The Balaban J connectivity index is 2.65. The fourth-order valence-electron chi connectivity index (χ4n) is 1.95. The molecule has 1 aliphatic heterocycles. The van der Waals surface area contributed by atoms with E-state index in [0.717, 1.165) is 0 Å². The van der Waals surface area contributed by atoms with E-state index in [2.05, 4.69) is 0 Å². The second-order valence-electron chi connectivity index (χ2n) is 6.96. The van der Waals surface area contributed by atoms with Gasteiger partial charge in [-0.1, -0.05) is 0 Å². The number of rotatable bonds is 1. The fourth-order valence-corrected chi connectivity index (χ4v) is 1.95. The summed E-state index contributed by atoms with van der Waals surface area (Å²) in [5.41, 5.74) is -0.889. The molecule has 1 heterocycles. The number of Topliss-reactive ketones (excluding diaryl/α,β-unsaturated/α-hetero) is 1. The van der Waals surface area contributed by atoms with Crippen LogP contribution in [0.5, 0.6) is 0 Å². The highest BCUT2D eigenvalue weighted by atomic mass is 16.6. The van der Waals surface area contributed by atoms with Gasteiger partial charge in [0, 0.05) is 6.42 Å². The third kappa shape index (κ3) is 6.05. The summed E-state index contributed by atoms with van der Waals surface area (Å²) in [6.07, 6.45) is -0.354. The first-order valence-electron chi connectivity index (χ1n) is 6.64. The number of hydrogen-bond donors (Lipinski definition) is 0. The number of carbonyl (C=O) groups excluding carboxylic acids is 2. The van der Waals surface area contributed by atoms with Crippen molar-refractivity contribution in [1.29, 1.82) is 0 Å². The summed E-state index contributed by atoms with van der Waals surface area (Å²) in [5.74, 6) is 0.00589. The molecule has 0 bridgehead atoms. The molecule has 1 amide bonds. The van der Waals surface area contributed by atoms with Crippen molar-refractivity contribution in [3.63, 3.8) is 0 Å². The molecule has 19 heavy (non-hydrogen) atoms. The number of amides is 1. The maximum Gasteiger partial charge on any atom is 0.410 e. The standard InChI is InChI=1S/C14H25NO4/c1-13(2,3)18-11-7-10(16)8-15(9-11)12(17)19-14(4,5)6/h11H,7-9H2,1-6H3. The maximum absolute atomic E-state index is 12.0. The van der Waals surface area contributed by atoms with Gasteiger partial charge in [0.15, 0.2) is 5.78 Å². The largest absolute Gasteiger partial charge is 0.444 e. The molecular formula is C14H25NO4. The first-order chi connectivity index (χ1) is 8.46. The number of ketones is 1. The lowest BCUT2D eigenvalue weighted by atomic mass is 10.1. The summed E-state index contributed by atoms with van der Waals surface area (Å²) in [7, 11) is 0. The maximum atomic E-state index is 12.0. The molecule has 5 nitrogen and oxygen atoms in total. The zero-order valence-corrected chi connectivity index (χ0v) is 12.8. The highest BCUT2D eigenvalue weighted by Crippen LogP contribution is 2.19. The second kappa shape index (κ2) is 5.49. The molecule has 0 saturated carbocycles. The van der Waals surface area contributed by atoms with Crippen LogP contribution in [-0.4, -0.2) is 47.2 Å². The molecule has 0 aliphatic carbocycles. The molecular weight excluding hydrogens is 246 g/mol. The van der Waals surface area contributed by atoms with Crippen LogP contribution in [0.2, 0.25) is 0 Å². The molecule has 1 rings (SSSR count). The van der Waals surface area contributed by atoms with Gasteiger partial charge in [-0.15, -0.1) is 0 Å². The van der Waals surface area contributed by atoms with Gasteiger partial charge in [-0.25, -0.2) is 4.79 Å². The van der Waals surface area contributed by atoms with Gasteiger partial charge in [0.05, 0.1) is 24.8 Å². The normalized spacial score (nSPS) is 21.5. The monoisotopic (exact) mass is 271 g/mol. The van der Waals surface area contributed by atoms with Gasteiger partial charge in [-0.2, -0.15) is 0 Å². The molecule has 1 saturated heterocycles. The third-order valence-electron chi connectivity index (χ3n) is 2.42. The van der Waals surface area contributed by atoms with E-state index in [1.165, 1.54) is 4.90 Å². The summed E-state index contributed by atoms with van der Waals surface area (Å²) >= 11 is 0. The fraction of sp³-hybridized carbons (Fsp3) is 0.857. The SMILES string of the molecule is CC(C)(C)OC(=O)N1CC(=O)CC(OC(C)(C)C)C1. The molecule has 110 valence electrons. The second-order valence-corrected chi connectivity index (χ2v) is 6.96. The molecule has 0 aromatic heterocycles. The van der Waals surface area contributed by atoms with Crippen molar-refractivity contribution in [2.24, 2.45) is 0 Å².